The minimum absolute atomic E-state index is 0.0438. The maximum atomic E-state index is 12.6. The van der Waals surface area contributed by atoms with Gasteiger partial charge in [0.2, 0.25) is 11.8 Å². The van der Waals surface area contributed by atoms with Crippen LogP contribution in [0.1, 0.15) is 17.5 Å². The molecular formula is C21H25N3O2. The minimum Gasteiger partial charge on any atom is -0.362 e. The van der Waals surface area contributed by atoms with Crippen LogP contribution < -0.4 is 10.2 Å². The lowest BCUT2D eigenvalue weighted by Gasteiger charge is -2.32. The molecule has 136 valence electrons. The highest BCUT2D eigenvalue weighted by Gasteiger charge is 2.21. The second-order valence-corrected chi connectivity index (χ2v) is 6.82. The molecule has 0 saturated carbocycles. The molecule has 5 heteroatoms. The van der Waals surface area contributed by atoms with Gasteiger partial charge in [0, 0.05) is 25.0 Å². The van der Waals surface area contributed by atoms with E-state index in [9.17, 15) is 9.59 Å². The minimum atomic E-state index is -0.191. The van der Waals surface area contributed by atoms with Crippen molar-refractivity contribution in [2.24, 2.45) is 0 Å². The first kappa shape index (κ1) is 18.0. The molecule has 2 aromatic rings. The van der Waals surface area contributed by atoms with Crippen LogP contribution in [0.25, 0.3) is 0 Å². The number of carbonyl (C=O) groups excluding carboxylic acids is 2. The number of fused-ring (bicyclic) bond motifs is 1. The van der Waals surface area contributed by atoms with Gasteiger partial charge in [0.1, 0.15) is 0 Å². The topological polar surface area (TPSA) is 52.7 Å². The molecule has 3 rings (SSSR count). The van der Waals surface area contributed by atoms with Crippen LogP contribution in [0.3, 0.4) is 0 Å². The lowest BCUT2D eigenvalue weighted by Crippen LogP contribution is -2.43. The van der Waals surface area contributed by atoms with Crippen molar-refractivity contribution in [3.8, 4) is 0 Å². The monoisotopic (exact) mass is 351 g/mol. The normalized spacial score (nSPS) is 13.1. The summed E-state index contributed by atoms with van der Waals surface area (Å²) in [6.07, 6.45) is 2.09. The summed E-state index contributed by atoms with van der Waals surface area (Å²) >= 11 is 0. The Balaban J connectivity index is 1.55. The molecule has 0 fully saturated rings. The van der Waals surface area contributed by atoms with Gasteiger partial charge in [0.05, 0.1) is 13.1 Å². The molecule has 1 aliphatic heterocycles. The Kier molecular flexibility index (Phi) is 5.56. The fourth-order valence-electron chi connectivity index (χ4n) is 3.20. The van der Waals surface area contributed by atoms with Gasteiger partial charge in [0.15, 0.2) is 0 Å². The molecule has 1 aliphatic rings. The van der Waals surface area contributed by atoms with E-state index in [1.54, 1.807) is 7.05 Å². The van der Waals surface area contributed by atoms with Crippen LogP contribution >= 0.6 is 0 Å². The summed E-state index contributed by atoms with van der Waals surface area (Å²) in [6.45, 7) is 3.20. The zero-order valence-corrected chi connectivity index (χ0v) is 15.4. The van der Waals surface area contributed by atoms with E-state index in [4.69, 9.17) is 0 Å². The van der Waals surface area contributed by atoms with Crippen molar-refractivity contribution in [1.29, 1.82) is 0 Å². The molecule has 1 N–H and O–H groups in total. The Labute approximate surface area is 154 Å². The third-order valence-electron chi connectivity index (χ3n) is 4.67. The number of carbonyl (C=O) groups is 2. The van der Waals surface area contributed by atoms with Crippen LogP contribution in [0.2, 0.25) is 0 Å². The highest BCUT2D eigenvalue weighted by Crippen LogP contribution is 2.26. The fourth-order valence-corrected chi connectivity index (χ4v) is 3.20. The fraction of sp³-hybridized carbons (Fsp3) is 0.333. The number of aryl methyl sites for hydroxylation is 2. The third kappa shape index (κ3) is 4.42. The third-order valence-corrected chi connectivity index (χ3v) is 4.67. The first-order chi connectivity index (χ1) is 12.5. The molecule has 0 aromatic heterocycles. The molecule has 2 amide bonds. The maximum Gasteiger partial charge on any atom is 0.243 e. The van der Waals surface area contributed by atoms with E-state index in [0.29, 0.717) is 6.54 Å². The summed E-state index contributed by atoms with van der Waals surface area (Å²) in [5.41, 5.74) is 4.29. The first-order valence-electron chi connectivity index (χ1n) is 8.96. The molecule has 0 spiro atoms. The van der Waals surface area contributed by atoms with E-state index >= 15 is 0 Å². The number of rotatable bonds is 5. The number of anilines is 2. The molecular weight excluding hydrogens is 326 g/mol. The standard InChI is InChI=1S/C21H25N3O2/c1-16-9-11-18(12-10-16)22-20(25)14-23(2)21(26)15-24-13-5-7-17-6-3-4-8-19(17)24/h3-4,6,8-12H,5,7,13-15H2,1-2H3,(H,22,25). The van der Waals surface area contributed by atoms with Gasteiger partial charge in [-0.1, -0.05) is 35.9 Å². The largest absolute Gasteiger partial charge is 0.362 e. The smallest absolute Gasteiger partial charge is 0.243 e. The van der Waals surface area contributed by atoms with Crippen LogP contribution in [-0.2, 0) is 16.0 Å². The molecule has 0 radical (unpaired) electrons. The molecule has 0 bridgehead atoms. The van der Waals surface area contributed by atoms with Crippen molar-refractivity contribution in [2.75, 3.05) is 36.9 Å². The van der Waals surface area contributed by atoms with E-state index in [1.807, 2.05) is 43.3 Å². The number of amides is 2. The number of nitrogens with zero attached hydrogens (tertiary/aromatic N) is 2. The van der Waals surface area contributed by atoms with Crippen LogP contribution in [0.4, 0.5) is 11.4 Å². The van der Waals surface area contributed by atoms with Gasteiger partial charge in [-0.05, 0) is 43.5 Å². The lowest BCUT2D eigenvalue weighted by atomic mass is 10.0. The van der Waals surface area contributed by atoms with Crippen molar-refractivity contribution >= 4 is 23.2 Å². The SMILES string of the molecule is Cc1ccc(NC(=O)CN(C)C(=O)CN2CCCc3ccccc32)cc1. The molecule has 0 unspecified atom stereocenters. The van der Waals surface area contributed by atoms with E-state index in [0.717, 1.165) is 36.3 Å². The second-order valence-electron chi connectivity index (χ2n) is 6.82. The van der Waals surface area contributed by atoms with Crippen molar-refractivity contribution < 1.29 is 9.59 Å². The van der Waals surface area contributed by atoms with Gasteiger partial charge in [-0.3, -0.25) is 9.59 Å². The zero-order valence-electron chi connectivity index (χ0n) is 15.4. The maximum absolute atomic E-state index is 12.6. The average Bonchev–Trinajstić information content (AvgIpc) is 2.64. The van der Waals surface area contributed by atoms with Gasteiger partial charge in [0.25, 0.3) is 0 Å². The quantitative estimate of drug-likeness (QED) is 0.901. The number of benzene rings is 2. The van der Waals surface area contributed by atoms with Crippen LogP contribution in [0.5, 0.6) is 0 Å². The van der Waals surface area contributed by atoms with Gasteiger partial charge >= 0.3 is 0 Å². The molecule has 5 nitrogen and oxygen atoms in total. The van der Waals surface area contributed by atoms with E-state index < -0.39 is 0 Å². The number of likely N-dealkylation sites (N-methyl/N-ethyl adjacent to an activating group) is 1. The zero-order chi connectivity index (χ0) is 18.5. The molecule has 1 heterocycles. The predicted molar refractivity (Wildman–Crippen MR) is 104 cm³/mol. The average molecular weight is 351 g/mol. The lowest BCUT2D eigenvalue weighted by molar-refractivity contribution is -0.132. The van der Waals surface area contributed by atoms with Gasteiger partial charge < -0.3 is 15.1 Å². The summed E-state index contributed by atoms with van der Waals surface area (Å²) in [4.78, 5) is 28.3. The van der Waals surface area contributed by atoms with Gasteiger partial charge in [-0.25, -0.2) is 0 Å². The molecule has 2 aromatic carbocycles. The Hall–Kier alpha value is -2.82. The van der Waals surface area contributed by atoms with Crippen molar-refractivity contribution in [1.82, 2.24) is 4.90 Å². The highest BCUT2D eigenvalue weighted by molar-refractivity contribution is 5.95. The Morgan fingerprint density at radius 1 is 1.12 bits per heavy atom. The van der Waals surface area contributed by atoms with Crippen molar-refractivity contribution in [3.05, 3.63) is 59.7 Å². The van der Waals surface area contributed by atoms with Crippen LogP contribution in [-0.4, -0.2) is 43.4 Å². The number of hydrogen-bond donors (Lipinski definition) is 1. The van der Waals surface area contributed by atoms with Crippen molar-refractivity contribution in [2.45, 2.75) is 19.8 Å². The Morgan fingerprint density at radius 3 is 2.62 bits per heavy atom. The number of hydrogen-bond acceptors (Lipinski definition) is 3. The Morgan fingerprint density at radius 2 is 1.85 bits per heavy atom. The summed E-state index contributed by atoms with van der Waals surface area (Å²) < 4.78 is 0. The predicted octanol–water partition coefficient (Wildman–Crippen LogP) is 2.84. The molecule has 0 atom stereocenters. The number of para-hydroxylation sites is 1. The summed E-state index contributed by atoms with van der Waals surface area (Å²) in [5.74, 6) is -0.246. The summed E-state index contributed by atoms with van der Waals surface area (Å²) in [7, 11) is 1.67. The van der Waals surface area contributed by atoms with E-state index in [1.165, 1.54) is 10.5 Å². The molecule has 26 heavy (non-hydrogen) atoms. The van der Waals surface area contributed by atoms with Crippen LogP contribution in [0.15, 0.2) is 48.5 Å². The molecule has 0 saturated heterocycles. The number of nitrogens with one attached hydrogen (secondary N) is 1. The molecule has 0 aliphatic carbocycles. The summed E-state index contributed by atoms with van der Waals surface area (Å²) in [5, 5.41) is 2.83. The van der Waals surface area contributed by atoms with E-state index in [-0.39, 0.29) is 18.4 Å². The van der Waals surface area contributed by atoms with Gasteiger partial charge in [-0.15, -0.1) is 0 Å². The van der Waals surface area contributed by atoms with Gasteiger partial charge in [-0.2, -0.15) is 0 Å². The second kappa shape index (κ2) is 8.04. The summed E-state index contributed by atoms with van der Waals surface area (Å²) in [6, 6.07) is 15.8. The van der Waals surface area contributed by atoms with Crippen molar-refractivity contribution in [3.63, 3.8) is 0 Å². The van der Waals surface area contributed by atoms with E-state index in [2.05, 4.69) is 22.3 Å². The highest BCUT2D eigenvalue weighted by atomic mass is 16.2. The van der Waals surface area contributed by atoms with Crippen LogP contribution in [0, 0.1) is 6.92 Å². The first-order valence-corrected chi connectivity index (χ1v) is 8.96. The Bertz CT molecular complexity index is 786.